The second-order valence-corrected chi connectivity index (χ2v) is 6.96. The molecule has 1 aromatic heterocycles. The van der Waals surface area contributed by atoms with E-state index in [-0.39, 0.29) is 12.5 Å². The molecule has 0 spiro atoms. The van der Waals surface area contributed by atoms with Gasteiger partial charge in [-0.25, -0.2) is 4.57 Å². The standard InChI is InChI=1S/C14H27N4O5P/c1-15-14(19)9-4-3-6-10-18-12-13(16-17-18)8-5-7-11-23-24(20,21)22-2/h12H,3-11H2,1-2H3,(H,15,19)(H,20,21). The van der Waals surface area contributed by atoms with Gasteiger partial charge in [0.1, 0.15) is 0 Å². The molecule has 0 aliphatic rings. The molecule has 9 nitrogen and oxygen atoms in total. The van der Waals surface area contributed by atoms with E-state index in [9.17, 15) is 9.36 Å². The van der Waals surface area contributed by atoms with E-state index >= 15 is 0 Å². The number of rotatable bonds is 13. The van der Waals surface area contributed by atoms with Crippen molar-refractivity contribution in [3.63, 3.8) is 0 Å². The van der Waals surface area contributed by atoms with Gasteiger partial charge in [0.05, 0.1) is 12.3 Å². The minimum absolute atomic E-state index is 0.0741. The zero-order chi connectivity index (χ0) is 17.8. The van der Waals surface area contributed by atoms with E-state index in [0.717, 1.165) is 51.5 Å². The molecule has 1 rings (SSSR count). The Kier molecular flexibility index (Phi) is 9.78. The van der Waals surface area contributed by atoms with Gasteiger partial charge in [0.2, 0.25) is 5.91 Å². The average molecular weight is 362 g/mol. The number of phosphoric acid groups is 1. The van der Waals surface area contributed by atoms with Crippen LogP contribution in [0.2, 0.25) is 0 Å². The Balaban J connectivity index is 2.11. The normalized spacial score (nSPS) is 13.6. The van der Waals surface area contributed by atoms with Crippen molar-refractivity contribution < 1.29 is 23.3 Å². The lowest BCUT2D eigenvalue weighted by Crippen LogP contribution is -2.16. The van der Waals surface area contributed by atoms with Crippen LogP contribution in [-0.2, 0) is 31.4 Å². The number of carbonyl (C=O) groups is 1. The molecule has 0 saturated carbocycles. The molecule has 10 heteroatoms. The molecule has 0 radical (unpaired) electrons. The maximum atomic E-state index is 11.1. The number of aryl methyl sites for hydroxylation is 2. The maximum Gasteiger partial charge on any atom is 0.471 e. The van der Waals surface area contributed by atoms with Crippen LogP contribution in [0.25, 0.3) is 0 Å². The fourth-order valence-electron chi connectivity index (χ4n) is 2.06. The highest BCUT2D eigenvalue weighted by molar-refractivity contribution is 7.47. The van der Waals surface area contributed by atoms with Crippen LogP contribution in [-0.4, -0.2) is 46.6 Å². The van der Waals surface area contributed by atoms with Gasteiger partial charge in [-0.2, -0.15) is 0 Å². The average Bonchev–Trinajstić information content (AvgIpc) is 3.01. The highest BCUT2D eigenvalue weighted by atomic mass is 31.2. The monoisotopic (exact) mass is 362 g/mol. The van der Waals surface area contributed by atoms with Gasteiger partial charge >= 0.3 is 7.82 Å². The third-order valence-corrected chi connectivity index (χ3v) is 4.44. The molecule has 2 N–H and O–H groups in total. The molecule has 0 aromatic carbocycles. The quantitative estimate of drug-likeness (QED) is 0.405. The lowest BCUT2D eigenvalue weighted by atomic mass is 10.2. The van der Waals surface area contributed by atoms with Crippen LogP contribution >= 0.6 is 7.82 Å². The van der Waals surface area contributed by atoms with Gasteiger partial charge in [-0.3, -0.25) is 18.5 Å². The predicted octanol–water partition coefficient (Wildman–Crippen LogP) is 1.67. The summed E-state index contributed by atoms with van der Waals surface area (Å²) in [4.78, 5) is 20.2. The van der Waals surface area contributed by atoms with Gasteiger partial charge in [0, 0.05) is 33.3 Å². The number of hydrogen-bond donors (Lipinski definition) is 2. The second kappa shape index (κ2) is 11.3. The van der Waals surface area contributed by atoms with E-state index in [2.05, 4.69) is 20.2 Å². The van der Waals surface area contributed by atoms with Gasteiger partial charge in [-0.05, 0) is 32.1 Å². The summed E-state index contributed by atoms with van der Waals surface area (Å²) in [6, 6.07) is 0. The van der Waals surface area contributed by atoms with Crippen molar-refractivity contribution in [2.24, 2.45) is 0 Å². The van der Waals surface area contributed by atoms with Crippen molar-refractivity contribution >= 4 is 13.7 Å². The van der Waals surface area contributed by atoms with Crippen LogP contribution < -0.4 is 5.32 Å². The third-order valence-electron chi connectivity index (χ3n) is 3.47. The number of nitrogens with zero attached hydrogens (tertiary/aromatic N) is 3. The smallest absolute Gasteiger partial charge is 0.359 e. The zero-order valence-corrected chi connectivity index (χ0v) is 15.2. The van der Waals surface area contributed by atoms with Crippen molar-refractivity contribution in [3.05, 3.63) is 11.9 Å². The Bertz CT molecular complexity index is 537. The SMILES string of the molecule is CNC(=O)CCCCCn1cc(CCCCOP(=O)(O)OC)nn1. The molecule has 1 heterocycles. The predicted molar refractivity (Wildman–Crippen MR) is 88.3 cm³/mol. The largest absolute Gasteiger partial charge is 0.471 e. The van der Waals surface area contributed by atoms with Crippen molar-refractivity contribution in [2.45, 2.75) is 51.5 Å². The van der Waals surface area contributed by atoms with Crippen molar-refractivity contribution in [1.29, 1.82) is 0 Å². The molecule has 0 fully saturated rings. The Morgan fingerprint density at radius 3 is 2.83 bits per heavy atom. The Morgan fingerprint density at radius 1 is 1.33 bits per heavy atom. The Morgan fingerprint density at radius 2 is 2.12 bits per heavy atom. The van der Waals surface area contributed by atoms with Gasteiger partial charge in [0.15, 0.2) is 0 Å². The summed E-state index contributed by atoms with van der Waals surface area (Å²) in [7, 11) is -1.08. The lowest BCUT2D eigenvalue weighted by molar-refractivity contribution is -0.120. The highest BCUT2D eigenvalue weighted by Crippen LogP contribution is 2.41. The summed E-state index contributed by atoms with van der Waals surface area (Å²) < 4.78 is 22.0. The summed E-state index contributed by atoms with van der Waals surface area (Å²) in [6.45, 7) is 0.951. The molecule has 138 valence electrons. The van der Waals surface area contributed by atoms with Crippen molar-refractivity contribution in [2.75, 3.05) is 20.8 Å². The Hall–Kier alpha value is -1.28. The van der Waals surface area contributed by atoms with E-state index in [1.807, 2.05) is 6.20 Å². The van der Waals surface area contributed by atoms with Crippen LogP contribution in [0.1, 0.15) is 44.2 Å². The first kappa shape index (κ1) is 20.8. The van der Waals surface area contributed by atoms with Gasteiger partial charge < -0.3 is 10.2 Å². The van der Waals surface area contributed by atoms with E-state index in [0.29, 0.717) is 12.8 Å². The molecule has 1 amide bonds. The van der Waals surface area contributed by atoms with Crippen LogP contribution in [0.5, 0.6) is 0 Å². The number of carbonyl (C=O) groups excluding carboxylic acids is 1. The van der Waals surface area contributed by atoms with Crippen molar-refractivity contribution in [3.8, 4) is 0 Å². The number of unbranched alkanes of at least 4 members (excludes halogenated alkanes) is 3. The minimum atomic E-state index is -3.87. The van der Waals surface area contributed by atoms with Crippen molar-refractivity contribution in [1.82, 2.24) is 20.3 Å². The number of phosphoric ester groups is 1. The fraction of sp³-hybridized carbons (Fsp3) is 0.786. The third kappa shape index (κ3) is 9.12. The number of aromatic nitrogens is 3. The molecule has 0 saturated heterocycles. The zero-order valence-electron chi connectivity index (χ0n) is 14.3. The first-order valence-electron chi connectivity index (χ1n) is 8.09. The van der Waals surface area contributed by atoms with Gasteiger partial charge in [-0.1, -0.05) is 11.6 Å². The summed E-state index contributed by atoms with van der Waals surface area (Å²) >= 11 is 0. The van der Waals surface area contributed by atoms with Crippen LogP contribution in [0.4, 0.5) is 0 Å². The fourth-order valence-corrected chi connectivity index (χ4v) is 2.53. The highest BCUT2D eigenvalue weighted by Gasteiger charge is 2.17. The summed E-state index contributed by atoms with van der Waals surface area (Å²) in [6.07, 6.45) is 7.43. The molecular weight excluding hydrogens is 335 g/mol. The number of nitrogens with one attached hydrogen (secondary N) is 1. The van der Waals surface area contributed by atoms with Crippen LogP contribution in [0.3, 0.4) is 0 Å². The Labute approximate surface area is 142 Å². The molecule has 1 aromatic rings. The molecule has 1 unspecified atom stereocenters. The van der Waals surface area contributed by atoms with E-state index in [1.54, 1.807) is 11.7 Å². The second-order valence-electron chi connectivity index (χ2n) is 5.40. The molecule has 0 aliphatic carbocycles. The van der Waals surface area contributed by atoms with E-state index in [1.165, 1.54) is 0 Å². The molecule has 24 heavy (non-hydrogen) atoms. The van der Waals surface area contributed by atoms with E-state index in [4.69, 9.17) is 9.42 Å². The topological polar surface area (TPSA) is 116 Å². The number of amides is 1. The molecular formula is C14H27N4O5P. The number of hydrogen-bond acceptors (Lipinski definition) is 6. The molecule has 0 bridgehead atoms. The van der Waals surface area contributed by atoms with Crippen LogP contribution in [0, 0.1) is 0 Å². The lowest BCUT2D eigenvalue weighted by Gasteiger charge is -2.08. The van der Waals surface area contributed by atoms with Gasteiger partial charge in [0.25, 0.3) is 0 Å². The first-order valence-corrected chi connectivity index (χ1v) is 9.59. The molecule has 1 atom stereocenters. The van der Waals surface area contributed by atoms with E-state index < -0.39 is 7.82 Å². The molecule has 0 aliphatic heterocycles. The summed E-state index contributed by atoms with van der Waals surface area (Å²) in [5.74, 6) is 0.0741. The maximum absolute atomic E-state index is 11.1. The summed E-state index contributed by atoms with van der Waals surface area (Å²) in [5.41, 5.74) is 0.888. The summed E-state index contributed by atoms with van der Waals surface area (Å²) in [5, 5.41) is 10.8. The van der Waals surface area contributed by atoms with Crippen LogP contribution in [0.15, 0.2) is 6.20 Å². The minimum Gasteiger partial charge on any atom is -0.359 e. The van der Waals surface area contributed by atoms with Gasteiger partial charge in [-0.15, -0.1) is 5.10 Å². The first-order chi connectivity index (χ1) is 11.5.